The standard InChI is InChI=1S/C13H18N2O5/c16-7-10(8-17)14-6-13(18)15-9-1-2-11-12(5-9)20-4-3-19-11/h1-2,5,10,14,16-17H,3-4,6-8H2,(H,15,18). The molecule has 0 saturated heterocycles. The number of amides is 1. The lowest BCUT2D eigenvalue weighted by Gasteiger charge is -2.19. The highest BCUT2D eigenvalue weighted by Gasteiger charge is 2.13. The highest BCUT2D eigenvalue weighted by Crippen LogP contribution is 2.32. The van der Waals surface area contributed by atoms with Gasteiger partial charge in [-0.2, -0.15) is 0 Å². The summed E-state index contributed by atoms with van der Waals surface area (Å²) in [6.07, 6.45) is 0. The molecular weight excluding hydrogens is 264 g/mol. The van der Waals surface area contributed by atoms with E-state index in [0.717, 1.165) is 0 Å². The van der Waals surface area contributed by atoms with Crippen LogP contribution in [0.3, 0.4) is 0 Å². The molecule has 0 aliphatic carbocycles. The van der Waals surface area contributed by atoms with Gasteiger partial charge in [0.05, 0.1) is 25.8 Å². The lowest BCUT2D eigenvalue weighted by atomic mass is 10.2. The number of fused-ring (bicyclic) bond motifs is 1. The first-order valence-corrected chi connectivity index (χ1v) is 6.37. The fourth-order valence-electron chi connectivity index (χ4n) is 1.75. The Morgan fingerprint density at radius 3 is 2.60 bits per heavy atom. The van der Waals surface area contributed by atoms with Crippen LogP contribution in [0.5, 0.6) is 11.5 Å². The molecule has 7 heteroatoms. The Labute approximate surface area is 116 Å². The lowest BCUT2D eigenvalue weighted by Crippen LogP contribution is -2.40. The van der Waals surface area contributed by atoms with E-state index in [0.29, 0.717) is 30.4 Å². The van der Waals surface area contributed by atoms with E-state index >= 15 is 0 Å². The number of hydrogen-bond donors (Lipinski definition) is 4. The van der Waals surface area contributed by atoms with Gasteiger partial charge in [-0.25, -0.2) is 0 Å². The van der Waals surface area contributed by atoms with Crippen LogP contribution in [0.1, 0.15) is 0 Å². The number of ether oxygens (including phenoxy) is 2. The Bertz CT molecular complexity index is 462. The molecule has 0 fully saturated rings. The van der Waals surface area contributed by atoms with E-state index < -0.39 is 6.04 Å². The summed E-state index contributed by atoms with van der Waals surface area (Å²) in [5, 5.41) is 23.2. The zero-order valence-corrected chi connectivity index (χ0v) is 11.0. The molecule has 20 heavy (non-hydrogen) atoms. The van der Waals surface area contributed by atoms with E-state index in [2.05, 4.69) is 10.6 Å². The third-order valence-electron chi connectivity index (χ3n) is 2.82. The van der Waals surface area contributed by atoms with Gasteiger partial charge in [-0.3, -0.25) is 4.79 Å². The van der Waals surface area contributed by atoms with Crippen molar-refractivity contribution < 1.29 is 24.5 Å². The number of hydrogen-bond acceptors (Lipinski definition) is 6. The van der Waals surface area contributed by atoms with E-state index in [1.54, 1.807) is 18.2 Å². The Hall–Kier alpha value is -1.83. The average Bonchev–Trinajstić information content (AvgIpc) is 2.48. The highest BCUT2D eigenvalue weighted by molar-refractivity contribution is 5.92. The predicted octanol–water partition coefficient (Wildman–Crippen LogP) is -0.661. The summed E-state index contributed by atoms with van der Waals surface area (Å²) >= 11 is 0. The average molecular weight is 282 g/mol. The number of rotatable bonds is 6. The first-order chi connectivity index (χ1) is 9.72. The first kappa shape index (κ1) is 14.6. The SMILES string of the molecule is O=C(CNC(CO)CO)Nc1ccc2c(c1)OCCO2. The highest BCUT2D eigenvalue weighted by atomic mass is 16.6. The normalized spacial score (nSPS) is 13.3. The van der Waals surface area contributed by atoms with Crippen LogP contribution in [0.25, 0.3) is 0 Å². The van der Waals surface area contributed by atoms with Crippen LogP contribution in [-0.4, -0.2) is 55.1 Å². The lowest BCUT2D eigenvalue weighted by molar-refractivity contribution is -0.115. The van der Waals surface area contributed by atoms with Crippen molar-refractivity contribution in [3.05, 3.63) is 18.2 Å². The molecule has 1 amide bonds. The molecule has 0 spiro atoms. The van der Waals surface area contributed by atoms with Gasteiger partial charge in [-0.1, -0.05) is 0 Å². The molecule has 0 saturated carbocycles. The zero-order valence-electron chi connectivity index (χ0n) is 11.0. The zero-order chi connectivity index (χ0) is 14.4. The van der Waals surface area contributed by atoms with Gasteiger partial charge in [0.25, 0.3) is 0 Å². The van der Waals surface area contributed by atoms with Crippen LogP contribution in [0, 0.1) is 0 Å². The van der Waals surface area contributed by atoms with Crippen LogP contribution in [0.15, 0.2) is 18.2 Å². The maximum atomic E-state index is 11.7. The van der Waals surface area contributed by atoms with Crippen molar-refractivity contribution >= 4 is 11.6 Å². The topological polar surface area (TPSA) is 100 Å². The van der Waals surface area contributed by atoms with E-state index in [9.17, 15) is 4.79 Å². The minimum Gasteiger partial charge on any atom is -0.486 e. The third kappa shape index (κ3) is 3.83. The molecule has 0 aromatic heterocycles. The molecule has 1 heterocycles. The number of aliphatic hydroxyl groups is 2. The number of carbonyl (C=O) groups excluding carboxylic acids is 1. The van der Waals surface area contributed by atoms with Gasteiger partial charge in [0.1, 0.15) is 13.2 Å². The van der Waals surface area contributed by atoms with Gasteiger partial charge < -0.3 is 30.3 Å². The summed E-state index contributed by atoms with van der Waals surface area (Å²) in [6, 6.07) is 4.66. The summed E-state index contributed by atoms with van der Waals surface area (Å²) in [7, 11) is 0. The number of nitrogens with one attached hydrogen (secondary N) is 2. The summed E-state index contributed by atoms with van der Waals surface area (Å²) < 4.78 is 10.8. The third-order valence-corrected chi connectivity index (χ3v) is 2.82. The van der Waals surface area contributed by atoms with Gasteiger partial charge in [0.2, 0.25) is 5.91 Å². The molecule has 1 aliphatic heterocycles. The van der Waals surface area contributed by atoms with Gasteiger partial charge in [-0.05, 0) is 12.1 Å². The number of carbonyl (C=O) groups is 1. The summed E-state index contributed by atoms with van der Waals surface area (Å²) in [6.45, 7) is 0.550. The second kappa shape index (κ2) is 7.09. The van der Waals surface area contributed by atoms with Crippen molar-refractivity contribution in [3.63, 3.8) is 0 Å². The maximum absolute atomic E-state index is 11.7. The van der Waals surface area contributed by atoms with Crippen LogP contribution in [-0.2, 0) is 4.79 Å². The number of aliphatic hydroxyl groups excluding tert-OH is 2. The van der Waals surface area contributed by atoms with Crippen molar-refractivity contribution in [2.75, 3.05) is 38.3 Å². The van der Waals surface area contributed by atoms with Gasteiger partial charge in [-0.15, -0.1) is 0 Å². The van der Waals surface area contributed by atoms with Crippen LogP contribution in [0.2, 0.25) is 0 Å². The fourth-order valence-corrected chi connectivity index (χ4v) is 1.75. The van der Waals surface area contributed by atoms with Crippen LogP contribution >= 0.6 is 0 Å². The number of anilines is 1. The molecular formula is C13H18N2O5. The molecule has 7 nitrogen and oxygen atoms in total. The van der Waals surface area contributed by atoms with Crippen molar-refractivity contribution in [1.82, 2.24) is 5.32 Å². The predicted molar refractivity (Wildman–Crippen MR) is 72.0 cm³/mol. The van der Waals surface area contributed by atoms with E-state index in [1.807, 2.05) is 0 Å². The molecule has 1 aromatic rings. The van der Waals surface area contributed by atoms with E-state index in [4.69, 9.17) is 19.7 Å². The minimum atomic E-state index is -0.499. The molecule has 4 N–H and O–H groups in total. The van der Waals surface area contributed by atoms with Crippen LogP contribution < -0.4 is 20.1 Å². The van der Waals surface area contributed by atoms with Crippen molar-refractivity contribution in [1.29, 1.82) is 0 Å². The smallest absolute Gasteiger partial charge is 0.238 e. The van der Waals surface area contributed by atoms with Crippen molar-refractivity contribution in [2.24, 2.45) is 0 Å². The van der Waals surface area contributed by atoms with Gasteiger partial charge in [0.15, 0.2) is 11.5 Å². The molecule has 2 rings (SSSR count). The van der Waals surface area contributed by atoms with Crippen LogP contribution in [0.4, 0.5) is 5.69 Å². The Kier molecular flexibility index (Phi) is 5.16. The summed E-state index contributed by atoms with van der Waals surface area (Å²) in [4.78, 5) is 11.7. The summed E-state index contributed by atoms with van der Waals surface area (Å²) in [5.74, 6) is 0.993. The van der Waals surface area contributed by atoms with Gasteiger partial charge in [0, 0.05) is 11.8 Å². The van der Waals surface area contributed by atoms with E-state index in [-0.39, 0.29) is 25.7 Å². The molecule has 0 radical (unpaired) electrons. The second-order valence-corrected chi connectivity index (χ2v) is 4.35. The fraction of sp³-hybridized carbons (Fsp3) is 0.462. The Balaban J connectivity index is 1.88. The molecule has 110 valence electrons. The Morgan fingerprint density at radius 2 is 1.90 bits per heavy atom. The molecule has 0 atom stereocenters. The second-order valence-electron chi connectivity index (χ2n) is 4.35. The molecule has 1 aliphatic rings. The first-order valence-electron chi connectivity index (χ1n) is 6.37. The van der Waals surface area contributed by atoms with Crippen molar-refractivity contribution in [3.8, 4) is 11.5 Å². The number of benzene rings is 1. The Morgan fingerprint density at radius 1 is 1.20 bits per heavy atom. The minimum absolute atomic E-state index is 0.000227. The summed E-state index contributed by atoms with van der Waals surface area (Å²) in [5.41, 5.74) is 0.602. The van der Waals surface area contributed by atoms with Crippen molar-refractivity contribution in [2.45, 2.75) is 6.04 Å². The van der Waals surface area contributed by atoms with Gasteiger partial charge >= 0.3 is 0 Å². The monoisotopic (exact) mass is 282 g/mol. The largest absolute Gasteiger partial charge is 0.486 e. The quantitative estimate of drug-likeness (QED) is 0.553. The molecule has 1 aromatic carbocycles. The molecule has 0 bridgehead atoms. The van der Waals surface area contributed by atoms with E-state index in [1.165, 1.54) is 0 Å². The maximum Gasteiger partial charge on any atom is 0.238 e. The molecule has 0 unspecified atom stereocenters.